The molecule has 2 N–H and O–H groups in total. The van der Waals surface area contributed by atoms with Crippen LogP contribution in [0.25, 0.3) is 22.0 Å². The number of phenolic OH excluding ortho intramolecular Hbond substituents is 1. The molecule has 0 aliphatic carbocycles. The van der Waals surface area contributed by atoms with E-state index in [1.165, 1.54) is 0 Å². The molecule has 4 rings (SSSR count). The number of rotatable bonds is 3. The number of phenols is 1. The minimum absolute atomic E-state index is 0.173. The van der Waals surface area contributed by atoms with E-state index in [2.05, 4.69) is 20.3 Å². The Hall–Kier alpha value is -3.18. The van der Waals surface area contributed by atoms with Crippen LogP contribution in [0.5, 0.6) is 5.75 Å². The van der Waals surface area contributed by atoms with E-state index < -0.39 is 0 Å². The maximum absolute atomic E-state index is 9.69. The number of hydrogen-bond acceptors (Lipinski definition) is 5. The number of aromatic hydroxyl groups is 1. The summed E-state index contributed by atoms with van der Waals surface area (Å²) in [6.07, 6.45) is 5.17. The summed E-state index contributed by atoms with van der Waals surface area (Å²) in [6.45, 7) is 0. The summed E-state index contributed by atoms with van der Waals surface area (Å²) in [4.78, 5) is 12.9. The Morgan fingerprint density at radius 1 is 1.00 bits per heavy atom. The highest BCUT2D eigenvalue weighted by Crippen LogP contribution is 2.32. The van der Waals surface area contributed by atoms with Crippen LogP contribution in [-0.2, 0) is 0 Å². The van der Waals surface area contributed by atoms with Crippen molar-refractivity contribution in [1.29, 1.82) is 0 Å². The third-order valence-electron chi connectivity index (χ3n) is 3.76. The zero-order chi connectivity index (χ0) is 17.2. The van der Waals surface area contributed by atoms with Gasteiger partial charge in [0.1, 0.15) is 5.75 Å². The number of benzene rings is 2. The van der Waals surface area contributed by atoms with Gasteiger partial charge in [-0.1, -0.05) is 17.7 Å². The van der Waals surface area contributed by atoms with Crippen LogP contribution in [0.4, 0.5) is 11.6 Å². The first-order valence-corrected chi connectivity index (χ1v) is 7.99. The summed E-state index contributed by atoms with van der Waals surface area (Å²) < 4.78 is 0. The Morgan fingerprint density at radius 2 is 1.92 bits per heavy atom. The van der Waals surface area contributed by atoms with Crippen molar-refractivity contribution in [3.05, 3.63) is 72.1 Å². The maximum Gasteiger partial charge on any atom is 0.227 e. The number of pyridine rings is 1. The standard InChI is InChI=1S/C19H13ClN4O/c20-17-5-4-15(25)9-16(17)12-3-6-18-13(8-12)10-22-19(24-18)23-14-2-1-7-21-11-14/h1-11,25H,(H,22,23,24). The van der Waals surface area contributed by atoms with Crippen molar-refractivity contribution in [2.45, 2.75) is 0 Å². The van der Waals surface area contributed by atoms with E-state index in [-0.39, 0.29) is 5.75 Å². The van der Waals surface area contributed by atoms with Gasteiger partial charge in [0.05, 0.1) is 17.4 Å². The molecular formula is C19H13ClN4O. The lowest BCUT2D eigenvalue weighted by Gasteiger charge is -2.08. The smallest absolute Gasteiger partial charge is 0.227 e. The van der Waals surface area contributed by atoms with Gasteiger partial charge in [0.2, 0.25) is 5.95 Å². The Balaban J connectivity index is 1.70. The molecular weight excluding hydrogens is 336 g/mol. The van der Waals surface area contributed by atoms with E-state index in [1.54, 1.807) is 36.8 Å². The first-order chi connectivity index (χ1) is 12.2. The van der Waals surface area contributed by atoms with Gasteiger partial charge in [-0.05, 0) is 48.0 Å². The van der Waals surface area contributed by atoms with Crippen LogP contribution < -0.4 is 5.32 Å². The first-order valence-electron chi connectivity index (χ1n) is 7.62. The van der Waals surface area contributed by atoms with Crippen LogP contribution in [0.15, 0.2) is 67.1 Å². The molecule has 122 valence electrons. The van der Waals surface area contributed by atoms with E-state index in [1.807, 2.05) is 30.3 Å². The normalized spacial score (nSPS) is 10.8. The van der Waals surface area contributed by atoms with Gasteiger partial charge in [0.15, 0.2) is 0 Å². The van der Waals surface area contributed by atoms with Crippen molar-refractivity contribution in [3.8, 4) is 16.9 Å². The van der Waals surface area contributed by atoms with E-state index in [9.17, 15) is 5.11 Å². The average molecular weight is 349 g/mol. The number of halogens is 1. The summed E-state index contributed by atoms with van der Waals surface area (Å²) in [5.74, 6) is 0.676. The summed E-state index contributed by atoms with van der Waals surface area (Å²) in [5.41, 5.74) is 3.29. The predicted octanol–water partition coefficient (Wildman–Crippen LogP) is 4.79. The summed E-state index contributed by atoms with van der Waals surface area (Å²) in [5, 5.41) is 14.3. The van der Waals surface area contributed by atoms with Crippen molar-refractivity contribution in [2.24, 2.45) is 0 Å². The average Bonchev–Trinajstić information content (AvgIpc) is 2.64. The Bertz CT molecular complexity index is 1050. The lowest BCUT2D eigenvalue weighted by Crippen LogP contribution is -1.97. The van der Waals surface area contributed by atoms with Gasteiger partial charge in [0.25, 0.3) is 0 Å². The third kappa shape index (κ3) is 3.22. The highest BCUT2D eigenvalue weighted by Gasteiger charge is 2.07. The molecule has 25 heavy (non-hydrogen) atoms. The molecule has 2 heterocycles. The van der Waals surface area contributed by atoms with Crippen molar-refractivity contribution in [2.75, 3.05) is 5.32 Å². The molecule has 2 aromatic heterocycles. The van der Waals surface area contributed by atoms with E-state index in [0.717, 1.165) is 27.7 Å². The number of aromatic nitrogens is 3. The number of anilines is 2. The molecule has 2 aromatic carbocycles. The predicted molar refractivity (Wildman–Crippen MR) is 99.2 cm³/mol. The van der Waals surface area contributed by atoms with Crippen LogP contribution >= 0.6 is 11.6 Å². The van der Waals surface area contributed by atoms with Crippen molar-refractivity contribution < 1.29 is 5.11 Å². The molecule has 0 spiro atoms. The number of hydrogen-bond donors (Lipinski definition) is 2. The molecule has 0 unspecified atom stereocenters. The Labute approximate surface area is 149 Å². The molecule has 0 fully saturated rings. The summed E-state index contributed by atoms with van der Waals surface area (Å²) in [7, 11) is 0. The minimum atomic E-state index is 0.173. The second kappa shape index (κ2) is 6.37. The highest BCUT2D eigenvalue weighted by molar-refractivity contribution is 6.33. The Morgan fingerprint density at radius 3 is 2.76 bits per heavy atom. The molecule has 4 aromatic rings. The minimum Gasteiger partial charge on any atom is -0.508 e. The zero-order valence-corrected chi connectivity index (χ0v) is 13.8. The molecule has 5 nitrogen and oxygen atoms in total. The molecule has 0 saturated carbocycles. The molecule has 0 saturated heterocycles. The van der Waals surface area contributed by atoms with Crippen molar-refractivity contribution >= 4 is 34.1 Å². The lowest BCUT2D eigenvalue weighted by atomic mass is 10.0. The van der Waals surface area contributed by atoms with Crippen LogP contribution in [0.2, 0.25) is 5.02 Å². The van der Waals surface area contributed by atoms with Gasteiger partial charge in [0, 0.05) is 28.4 Å². The monoisotopic (exact) mass is 348 g/mol. The second-order valence-electron chi connectivity index (χ2n) is 5.50. The fourth-order valence-electron chi connectivity index (χ4n) is 2.56. The third-order valence-corrected chi connectivity index (χ3v) is 4.09. The fraction of sp³-hybridized carbons (Fsp3) is 0. The van der Waals surface area contributed by atoms with Gasteiger partial charge in [-0.2, -0.15) is 0 Å². The van der Waals surface area contributed by atoms with Gasteiger partial charge in [-0.3, -0.25) is 4.98 Å². The van der Waals surface area contributed by atoms with Crippen molar-refractivity contribution in [1.82, 2.24) is 15.0 Å². The SMILES string of the molecule is Oc1ccc(Cl)c(-c2ccc3nc(Nc4cccnc4)ncc3c2)c1. The number of fused-ring (bicyclic) bond motifs is 1. The molecule has 0 radical (unpaired) electrons. The largest absolute Gasteiger partial charge is 0.508 e. The van der Waals surface area contributed by atoms with Crippen LogP contribution in [0.3, 0.4) is 0 Å². The number of nitrogens with zero attached hydrogens (tertiary/aromatic N) is 3. The number of nitrogens with one attached hydrogen (secondary N) is 1. The van der Waals surface area contributed by atoms with Gasteiger partial charge in [-0.15, -0.1) is 0 Å². The van der Waals surface area contributed by atoms with E-state index in [0.29, 0.717) is 11.0 Å². The molecule has 0 aliphatic heterocycles. The lowest BCUT2D eigenvalue weighted by molar-refractivity contribution is 0.475. The topological polar surface area (TPSA) is 70.9 Å². The van der Waals surface area contributed by atoms with Crippen LogP contribution in [0.1, 0.15) is 0 Å². The second-order valence-corrected chi connectivity index (χ2v) is 5.91. The van der Waals surface area contributed by atoms with Gasteiger partial charge < -0.3 is 10.4 Å². The molecule has 6 heteroatoms. The van der Waals surface area contributed by atoms with Crippen molar-refractivity contribution in [3.63, 3.8) is 0 Å². The molecule has 0 amide bonds. The maximum atomic E-state index is 9.69. The first kappa shape index (κ1) is 15.4. The molecule has 0 atom stereocenters. The summed E-state index contributed by atoms with van der Waals surface area (Å²) in [6, 6.07) is 14.4. The zero-order valence-electron chi connectivity index (χ0n) is 13.0. The Kier molecular flexibility index (Phi) is 3.91. The molecule has 0 aliphatic rings. The summed E-state index contributed by atoms with van der Waals surface area (Å²) >= 11 is 6.24. The van der Waals surface area contributed by atoms with E-state index >= 15 is 0 Å². The van der Waals surface area contributed by atoms with Gasteiger partial charge >= 0.3 is 0 Å². The van der Waals surface area contributed by atoms with Crippen LogP contribution in [-0.4, -0.2) is 20.1 Å². The van der Waals surface area contributed by atoms with E-state index in [4.69, 9.17) is 11.6 Å². The highest BCUT2D eigenvalue weighted by atomic mass is 35.5. The quantitative estimate of drug-likeness (QED) is 0.556. The van der Waals surface area contributed by atoms with Gasteiger partial charge in [-0.25, -0.2) is 9.97 Å². The molecule has 0 bridgehead atoms. The van der Waals surface area contributed by atoms with Crippen LogP contribution in [0, 0.1) is 0 Å². The fourth-order valence-corrected chi connectivity index (χ4v) is 2.79.